The molecule has 0 unspecified atom stereocenters. The van der Waals surface area contributed by atoms with E-state index < -0.39 is 36.1 Å². The number of carbonyl (C=O) groups is 4. The number of hydrogen-bond donors (Lipinski definition) is 0. The molecular weight excluding hydrogens is 536 g/mol. The Labute approximate surface area is 229 Å². The molecule has 218 valence electrons. The molecule has 0 amide bonds. The molecule has 2 aromatic carbocycles. The average molecular weight is 567 g/mol. The van der Waals surface area contributed by atoms with Crippen LogP contribution in [0.4, 0.5) is 0 Å². The minimum absolute atomic E-state index is 0.113. The number of hydrogen-bond acceptors (Lipinski definition) is 14. The summed E-state index contributed by atoms with van der Waals surface area (Å²) in [7, 11) is 10.0. The molecule has 2 rings (SSSR count). The van der Waals surface area contributed by atoms with Gasteiger partial charge in [0.2, 0.25) is 23.7 Å². The smallest absolute Gasteiger partial charge is 0.351 e. The van der Waals surface area contributed by atoms with Crippen LogP contribution >= 0.6 is 0 Å². The maximum atomic E-state index is 13.1. The van der Waals surface area contributed by atoms with Gasteiger partial charge in [-0.05, 0) is 24.3 Å². The van der Waals surface area contributed by atoms with Crippen LogP contribution in [0.3, 0.4) is 0 Å². The molecule has 0 aliphatic rings. The van der Waals surface area contributed by atoms with Gasteiger partial charge in [-0.1, -0.05) is 0 Å². The van der Waals surface area contributed by atoms with Crippen molar-refractivity contribution in [3.63, 3.8) is 0 Å². The first-order valence-corrected chi connectivity index (χ1v) is 11.3. The lowest BCUT2D eigenvalue weighted by atomic mass is 10.1. The van der Waals surface area contributed by atoms with Crippen LogP contribution in [0, 0.1) is 0 Å². The normalized spacial score (nSPS) is 11.7. The molecule has 0 aliphatic carbocycles. The first-order valence-electron chi connectivity index (χ1n) is 11.3. The number of esters is 4. The molecule has 0 spiro atoms. The van der Waals surface area contributed by atoms with Gasteiger partial charge in [0.15, 0.2) is 23.0 Å². The van der Waals surface area contributed by atoms with Gasteiger partial charge in [-0.3, -0.25) is 0 Å². The Morgan fingerprint density at radius 2 is 0.750 bits per heavy atom. The number of carbonyl (C=O) groups excluding carboxylic acids is 4. The third-order valence-corrected chi connectivity index (χ3v) is 5.41. The molecule has 0 fully saturated rings. The third-order valence-electron chi connectivity index (χ3n) is 5.41. The molecule has 0 saturated heterocycles. The van der Waals surface area contributed by atoms with Gasteiger partial charge < -0.3 is 47.4 Å². The minimum Gasteiger partial charge on any atom is -0.493 e. The maximum Gasteiger partial charge on any atom is 0.351 e. The summed E-state index contributed by atoms with van der Waals surface area (Å²) < 4.78 is 51.3. The monoisotopic (exact) mass is 566 g/mol. The highest BCUT2D eigenvalue weighted by atomic mass is 16.6. The van der Waals surface area contributed by atoms with Gasteiger partial charge in [-0.2, -0.15) is 0 Å². The summed E-state index contributed by atoms with van der Waals surface area (Å²) in [5, 5.41) is 0. The lowest BCUT2D eigenvalue weighted by Crippen LogP contribution is -2.47. The lowest BCUT2D eigenvalue weighted by molar-refractivity contribution is -0.170. The molecule has 40 heavy (non-hydrogen) atoms. The average Bonchev–Trinajstić information content (AvgIpc) is 2.99. The van der Waals surface area contributed by atoms with E-state index in [1.807, 2.05) is 0 Å². The van der Waals surface area contributed by atoms with E-state index in [0.29, 0.717) is 0 Å². The van der Waals surface area contributed by atoms with Gasteiger partial charge in [-0.25, -0.2) is 19.2 Å². The predicted octanol–water partition coefficient (Wildman–Crippen LogP) is 1.84. The molecule has 0 aromatic heterocycles. The standard InChI is InChI=1S/C26H30O14/c1-31-15-9-13(10-16(32-2)19(15)35-5)23(27)39-21(25(29)37-7)22(26(30)38-8)40-24(28)14-11-17(33-3)20(36-6)18(12-14)34-4/h9-12,21-22H,1-8H3/t21-,22-/m1/s1. The van der Waals surface area contributed by atoms with Crippen molar-refractivity contribution >= 4 is 23.9 Å². The fourth-order valence-electron chi connectivity index (χ4n) is 3.46. The van der Waals surface area contributed by atoms with Crippen molar-refractivity contribution in [1.29, 1.82) is 0 Å². The molecule has 0 aliphatic heterocycles. The topological polar surface area (TPSA) is 161 Å². The van der Waals surface area contributed by atoms with Gasteiger partial charge in [0.1, 0.15) is 0 Å². The number of benzene rings is 2. The van der Waals surface area contributed by atoms with E-state index in [9.17, 15) is 19.2 Å². The van der Waals surface area contributed by atoms with E-state index in [4.69, 9.17) is 47.4 Å². The summed E-state index contributed by atoms with van der Waals surface area (Å²) in [6.07, 6.45) is -4.15. The van der Waals surface area contributed by atoms with Crippen LogP contribution in [-0.4, -0.2) is 93.0 Å². The zero-order chi connectivity index (χ0) is 30.0. The fraction of sp³-hybridized carbons (Fsp3) is 0.385. The largest absolute Gasteiger partial charge is 0.493 e. The highest BCUT2D eigenvalue weighted by Gasteiger charge is 2.43. The van der Waals surface area contributed by atoms with E-state index >= 15 is 0 Å². The maximum absolute atomic E-state index is 13.1. The Hall–Kier alpha value is -4.88. The highest BCUT2D eigenvalue weighted by Crippen LogP contribution is 2.39. The van der Waals surface area contributed by atoms with Crippen LogP contribution in [-0.2, 0) is 28.5 Å². The SMILES string of the molecule is COC(=O)[C@H](OC(=O)c1cc(OC)c(OC)c(OC)c1)[C@@H](OC(=O)c1cc(OC)c(OC)c(OC)c1)C(=O)OC. The zero-order valence-corrected chi connectivity index (χ0v) is 23.2. The summed E-state index contributed by atoms with van der Waals surface area (Å²) in [5.74, 6) is -3.83. The van der Waals surface area contributed by atoms with Crippen molar-refractivity contribution in [2.45, 2.75) is 12.2 Å². The molecule has 14 nitrogen and oxygen atoms in total. The van der Waals surface area contributed by atoms with Crippen molar-refractivity contribution in [1.82, 2.24) is 0 Å². The Balaban J connectivity index is 2.49. The highest BCUT2D eigenvalue weighted by molar-refractivity contribution is 5.97. The Morgan fingerprint density at radius 3 is 0.950 bits per heavy atom. The van der Waals surface area contributed by atoms with Crippen LogP contribution in [0.25, 0.3) is 0 Å². The van der Waals surface area contributed by atoms with E-state index in [2.05, 4.69) is 0 Å². The molecule has 2 aromatic rings. The molecule has 2 atom stereocenters. The van der Waals surface area contributed by atoms with E-state index in [-0.39, 0.29) is 45.6 Å². The molecular formula is C26H30O14. The molecule has 0 heterocycles. The van der Waals surface area contributed by atoms with Crippen molar-refractivity contribution in [2.24, 2.45) is 0 Å². The lowest BCUT2D eigenvalue weighted by Gasteiger charge is -2.24. The number of ether oxygens (including phenoxy) is 10. The van der Waals surface area contributed by atoms with Crippen molar-refractivity contribution in [2.75, 3.05) is 56.9 Å². The van der Waals surface area contributed by atoms with Gasteiger partial charge in [0, 0.05) is 0 Å². The quantitative estimate of drug-likeness (QED) is 0.255. The molecule has 0 radical (unpaired) electrons. The van der Waals surface area contributed by atoms with Gasteiger partial charge >= 0.3 is 23.9 Å². The summed E-state index contributed by atoms with van der Waals surface area (Å²) in [5.41, 5.74) is -0.300. The van der Waals surface area contributed by atoms with Crippen molar-refractivity contribution < 1.29 is 66.5 Å². The van der Waals surface area contributed by atoms with Crippen molar-refractivity contribution in [3.05, 3.63) is 35.4 Å². The van der Waals surface area contributed by atoms with Crippen LogP contribution in [0.2, 0.25) is 0 Å². The summed E-state index contributed by atoms with van der Waals surface area (Å²) >= 11 is 0. The second-order valence-electron chi connectivity index (χ2n) is 7.53. The van der Waals surface area contributed by atoms with Crippen LogP contribution < -0.4 is 28.4 Å². The third kappa shape index (κ3) is 6.76. The first kappa shape index (κ1) is 31.3. The van der Waals surface area contributed by atoms with Gasteiger partial charge in [0.05, 0.1) is 68.0 Å². The van der Waals surface area contributed by atoms with Crippen LogP contribution in [0.1, 0.15) is 20.7 Å². The first-order chi connectivity index (χ1) is 19.1. The summed E-state index contributed by atoms with van der Waals surface area (Å²) in [4.78, 5) is 51.5. The summed E-state index contributed by atoms with van der Waals surface area (Å²) in [6.45, 7) is 0. The second kappa shape index (κ2) is 14.3. The Morgan fingerprint density at radius 1 is 0.475 bits per heavy atom. The fourth-order valence-corrected chi connectivity index (χ4v) is 3.46. The zero-order valence-electron chi connectivity index (χ0n) is 23.2. The molecule has 0 N–H and O–H groups in total. The van der Waals surface area contributed by atoms with Crippen LogP contribution in [0.5, 0.6) is 34.5 Å². The Bertz CT molecular complexity index is 1090. The Kier molecular flexibility index (Phi) is 11.2. The van der Waals surface area contributed by atoms with Crippen molar-refractivity contribution in [3.8, 4) is 34.5 Å². The molecule has 0 bridgehead atoms. The van der Waals surface area contributed by atoms with Crippen LogP contribution in [0.15, 0.2) is 24.3 Å². The predicted molar refractivity (Wildman–Crippen MR) is 135 cm³/mol. The van der Waals surface area contributed by atoms with E-state index in [0.717, 1.165) is 14.2 Å². The number of methoxy groups -OCH3 is 8. The van der Waals surface area contributed by atoms with Gasteiger partial charge in [-0.15, -0.1) is 0 Å². The number of rotatable bonds is 13. The molecule has 14 heteroatoms. The van der Waals surface area contributed by atoms with E-state index in [1.165, 1.54) is 66.9 Å². The second-order valence-corrected chi connectivity index (χ2v) is 7.53. The molecule has 0 saturated carbocycles. The van der Waals surface area contributed by atoms with Gasteiger partial charge in [0.25, 0.3) is 0 Å². The summed E-state index contributed by atoms with van der Waals surface area (Å²) in [6, 6.07) is 5.03. The van der Waals surface area contributed by atoms with E-state index in [1.54, 1.807) is 0 Å². The minimum atomic E-state index is -2.07.